The lowest BCUT2D eigenvalue weighted by molar-refractivity contribution is 0.220. The van der Waals surface area contributed by atoms with E-state index in [1.165, 1.54) is 25.9 Å². The van der Waals surface area contributed by atoms with Crippen molar-refractivity contribution < 1.29 is 0 Å². The van der Waals surface area contributed by atoms with Crippen molar-refractivity contribution in [1.82, 2.24) is 14.9 Å². The third-order valence-electron chi connectivity index (χ3n) is 4.46. The molecule has 0 amide bonds. The Morgan fingerprint density at radius 2 is 1.86 bits per heavy atom. The first-order valence-corrected chi connectivity index (χ1v) is 8.11. The average molecular weight is 291 g/mol. The van der Waals surface area contributed by atoms with Crippen molar-refractivity contribution in [3.05, 3.63) is 11.4 Å². The van der Waals surface area contributed by atoms with Crippen molar-refractivity contribution in [3.63, 3.8) is 0 Å². The molecular formula is C16H29N5. The summed E-state index contributed by atoms with van der Waals surface area (Å²) in [7, 11) is 2.18. The van der Waals surface area contributed by atoms with Gasteiger partial charge in [-0.2, -0.15) is 0 Å². The monoisotopic (exact) mass is 291 g/mol. The molecule has 0 aromatic carbocycles. The Kier molecular flexibility index (Phi) is 5.39. The van der Waals surface area contributed by atoms with Gasteiger partial charge in [0.05, 0.1) is 0 Å². The summed E-state index contributed by atoms with van der Waals surface area (Å²) in [5.41, 5.74) is 1.16. The molecule has 0 aliphatic carbocycles. The van der Waals surface area contributed by atoms with Crippen LogP contribution in [-0.4, -0.2) is 54.1 Å². The highest BCUT2D eigenvalue weighted by Gasteiger charge is 2.24. The highest BCUT2D eigenvalue weighted by Crippen LogP contribution is 2.27. The van der Waals surface area contributed by atoms with E-state index in [2.05, 4.69) is 47.9 Å². The fourth-order valence-electron chi connectivity index (χ4n) is 3.09. The van der Waals surface area contributed by atoms with Crippen LogP contribution in [0.25, 0.3) is 0 Å². The van der Waals surface area contributed by atoms with Gasteiger partial charge in [0.15, 0.2) is 0 Å². The van der Waals surface area contributed by atoms with E-state index in [1.807, 2.05) is 6.92 Å². The number of hydrogen-bond donors (Lipinski definition) is 1. The average Bonchev–Trinajstić information content (AvgIpc) is 2.50. The van der Waals surface area contributed by atoms with Crippen LogP contribution < -0.4 is 10.2 Å². The van der Waals surface area contributed by atoms with Crippen molar-refractivity contribution in [3.8, 4) is 0 Å². The molecule has 1 fully saturated rings. The lowest BCUT2D eigenvalue weighted by Crippen LogP contribution is -2.43. The van der Waals surface area contributed by atoms with Gasteiger partial charge in [0.2, 0.25) is 0 Å². The van der Waals surface area contributed by atoms with Crippen LogP contribution in [0.1, 0.15) is 38.1 Å². The first-order chi connectivity index (χ1) is 10.1. The number of hydrogen-bond acceptors (Lipinski definition) is 5. The minimum Gasteiger partial charge on any atom is -0.370 e. The molecule has 0 saturated carbocycles. The van der Waals surface area contributed by atoms with E-state index in [-0.39, 0.29) is 0 Å². The molecule has 5 nitrogen and oxygen atoms in total. The van der Waals surface area contributed by atoms with E-state index in [0.29, 0.717) is 6.04 Å². The smallest absolute Gasteiger partial charge is 0.137 e. The SMILES string of the molecule is CCNc1nc(C)nc(N(C)C2CCN(CC)CC2)c1C. The van der Waals surface area contributed by atoms with Crippen LogP contribution in [0.2, 0.25) is 0 Å². The summed E-state index contributed by atoms with van der Waals surface area (Å²) in [6.45, 7) is 12.8. The van der Waals surface area contributed by atoms with Crippen LogP contribution in [0.15, 0.2) is 0 Å². The van der Waals surface area contributed by atoms with Gasteiger partial charge in [-0.25, -0.2) is 9.97 Å². The van der Waals surface area contributed by atoms with Crippen LogP contribution in [0, 0.1) is 13.8 Å². The molecule has 1 aromatic heterocycles. The number of aromatic nitrogens is 2. The number of nitrogens with zero attached hydrogens (tertiary/aromatic N) is 4. The van der Waals surface area contributed by atoms with Gasteiger partial charge in [-0.1, -0.05) is 6.92 Å². The zero-order valence-electron chi connectivity index (χ0n) is 14.1. The maximum Gasteiger partial charge on any atom is 0.137 e. The van der Waals surface area contributed by atoms with Gasteiger partial charge in [0.25, 0.3) is 0 Å². The summed E-state index contributed by atoms with van der Waals surface area (Å²) >= 11 is 0. The highest BCUT2D eigenvalue weighted by molar-refractivity contribution is 5.58. The predicted octanol–water partition coefficient (Wildman–Crippen LogP) is 2.45. The molecule has 0 spiro atoms. The number of rotatable bonds is 5. The number of nitrogens with one attached hydrogen (secondary N) is 1. The number of anilines is 2. The van der Waals surface area contributed by atoms with E-state index < -0.39 is 0 Å². The maximum atomic E-state index is 4.69. The van der Waals surface area contributed by atoms with Crippen molar-refractivity contribution in [2.45, 2.75) is 46.6 Å². The van der Waals surface area contributed by atoms with Crippen LogP contribution in [0.4, 0.5) is 11.6 Å². The van der Waals surface area contributed by atoms with Crippen LogP contribution in [-0.2, 0) is 0 Å². The third-order valence-corrected chi connectivity index (χ3v) is 4.46. The highest BCUT2D eigenvalue weighted by atomic mass is 15.2. The van der Waals surface area contributed by atoms with Crippen molar-refractivity contribution in [2.75, 3.05) is 43.4 Å². The molecular weight excluding hydrogens is 262 g/mol. The first kappa shape index (κ1) is 16.0. The Balaban J connectivity index is 2.17. The van der Waals surface area contributed by atoms with Gasteiger partial charge in [-0.3, -0.25) is 0 Å². The number of likely N-dealkylation sites (tertiary alicyclic amines) is 1. The predicted molar refractivity (Wildman–Crippen MR) is 89.2 cm³/mol. The molecule has 0 radical (unpaired) electrons. The lowest BCUT2D eigenvalue weighted by atomic mass is 10.0. The molecule has 5 heteroatoms. The van der Waals surface area contributed by atoms with Crippen LogP contribution in [0.5, 0.6) is 0 Å². The summed E-state index contributed by atoms with van der Waals surface area (Å²) < 4.78 is 0. The van der Waals surface area contributed by atoms with Gasteiger partial charge >= 0.3 is 0 Å². The van der Waals surface area contributed by atoms with Crippen molar-refractivity contribution >= 4 is 11.6 Å². The zero-order valence-corrected chi connectivity index (χ0v) is 14.1. The van der Waals surface area contributed by atoms with E-state index in [0.717, 1.165) is 36.1 Å². The Morgan fingerprint density at radius 1 is 1.19 bits per heavy atom. The molecule has 1 aromatic rings. The van der Waals surface area contributed by atoms with Gasteiger partial charge in [-0.15, -0.1) is 0 Å². The van der Waals surface area contributed by atoms with Crippen LogP contribution >= 0.6 is 0 Å². The maximum absolute atomic E-state index is 4.69. The Bertz CT molecular complexity index is 466. The molecule has 1 N–H and O–H groups in total. The minimum atomic E-state index is 0.579. The van der Waals surface area contributed by atoms with E-state index >= 15 is 0 Å². The molecule has 2 rings (SSSR count). The molecule has 21 heavy (non-hydrogen) atoms. The van der Waals surface area contributed by atoms with Gasteiger partial charge < -0.3 is 15.1 Å². The normalized spacial score (nSPS) is 17.0. The van der Waals surface area contributed by atoms with Crippen molar-refractivity contribution in [1.29, 1.82) is 0 Å². The summed E-state index contributed by atoms with van der Waals surface area (Å²) in [6, 6.07) is 0.579. The molecule has 118 valence electrons. The fraction of sp³-hybridized carbons (Fsp3) is 0.750. The Hall–Kier alpha value is -1.36. The zero-order chi connectivity index (χ0) is 15.4. The van der Waals surface area contributed by atoms with Gasteiger partial charge in [0.1, 0.15) is 17.5 Å². The molecule has 2 heterocycles. The van der Waals surface area contributed by atoms with Crippen molar-refractivity contribution in [2.24, 2.45) is 0 Å². The topological polar surface area (TPSA) is 44.3 Å². The van der Waals surface area contributed by atoms with Crippen LogP contribution in [0.3, 0.4) is 0 Å². The Morgan fingerprint density at radius 3 is 2.43 bits per heavy atom. The summed E-state index contributed by atoms with van der Waals surface area (Å²) in [6.07, 6.45) is 2.42. The third kappa shape index (κ3) is 3.64. The number of piperidine rings is 1. The molecule has 1 aliphatic rings. The summed E-state index contributed by atoms with van der Waals surface area (Å²) in [5, 5.41) is 3.35. The quantitative estimate of drug-likeness (QED) is 0.903. The molecule has 1 aliphatic heterocycles. The Labute approximate surface area is 128 Å². The summed E-state index contributed by atoms with van der Waals surface area (Å²) in [4.78, 5) is 14.1. The number of aryl methyl sites for hydroxylation is 1. The van der Waals surface area contributed by atoms with E-state index in [4.69, 9.17) is 4.98 Å². The molecule has 0 unspecified atom stereocenters. The second-order valence-electron chi connectivity index (χ2n) is 5.87. The fourth-order valence-corrected chi connectivity index (χ4v) is 3.09. The molecule has 1 saturated heterocycles. The summed E-state index contributed by atoms with van der Waals surface area (Å²) in [5.74, 6) is 2.88. The second kappa shape index (κ2) is 7.07. The lowest BCUT2D eigenvalue weighted by Gasteiger charge is -2.37. The van der Waals surface area contributed by atoms with E-state index in [1.54, 1.807) is 0 Å². The van der Waals surface area contributed by atoms with Gasteiger partial charge in [0, 0.05) is 38.3 Å². The molecule has 0 bridgehead atoms. The molecule has 0 atom stereocenters. The standard InChI is InChI=1S/C16H29N5/c1-6-17-15-12(3)16(19-13(4)18-15)20(5)14-8-10-21(7-2)11-9-14/h14H,6-11H2,1-5H3,(H,17,18,19). The van der Waals surface area contributed by atoms with E-state index in [9.17, 15) is 0 Å². The first-order valence-electron chi connectivity index (χ1n) is 8.11. The largest absolute Gasteiger partial charge is 0.370 e. The van der Waals surface area contributed by atoms with Gasteiger partial charge in [-0.05, 0) is 40.2 Å². The second-order valence-corrected chi connectivity index (χ2v) is 5.87. The minimum absolute atomic E-state index is 0.579.